The highest BCUT2D eigenvalue weighted by atomic mass is 16.5. The van der Waals surface area contributed by atoms with Gasteiger partial charge in [-0.05, 0) is 6.08 Å². The van der Waals surface area contributed by atoms with Crippen LogP contribution >= 0.6 is 0 Å². The van der Waals surface area contributed by atoms with E-state index >= 15 is 0 Å². The molecule has 0 aliphatic heterocycles. The molecule has 0 bridgehead atoms. The second-order valence-corrected chi connectivity index (χ2v) is 2.67. The quantitative estimate of drug-likeness (QED) is 0.246. The summed E-state index contributed by atoms with van der Waals surface area (Å²) in [6.07, 6.45) is 6.17. The number of rotatable bonds is 10. The average molecular weight is 227 g/mol. The first-order valence-corrected chi connectivity index (χ1v) is 4.88. The van der Waals surface area contributed by atoms with E-state index < -0.39 is 0 Å². The fourth-order valence-electron chi connectivity index (χ4n) is 0.735. The molecule has 0 heterocycles. The molecule has 90 valence electrons. The maximum atomic E-state index is 10.7. The standard InChI is InChI=1S/C11H17NO4/c1-3-5-14-6-7-15-8-9-16-10-12-11(13)4-2/h1,4H,2,5-10H2,(H,12,13). The Bertz CT molecular complexity index is 235. The molecule has 0 atom stereocenters. The summed E-state index contributed by atoms with van der Waals surface area (Å²) >= 11 is 0. The van der Waals surface area contributed by atoms with Crippen molar-refractivity contribution in [3.8, 4) is 12.3 Å². The molecule has 1 N–H and O–H groups in total. The Balaban J connectivity index is 3.02. The van der Waals surface area contributed by atoms with Crippen LogP contribution in [-0.2, 0) is 19.0 Å². The topological polar surface area (TPSA) is 56.8 Å². The molecule has 0 aromatic carbocycles. The molecule has 0 saturated heterocycles. The molecule has 0 aromatic rings. The smallest absolute Gasteiger partial charge is 0.245 e. The lowest BCUT2D eigenvalue weighted by Crippen LogP contribution is -2.25. The zero-order valence-corrected chi connectivity index (χ0v) is 9.24. The number of nitrogens with one attached hydrogen (secondary N) is 1. The first-order valence-electron chi connectivity index (χ1n) is 4.88. The van der Waals surface area contributed by atoms with Gasteiger partial charge >= 0.3 is 0 Å². The van der Waals surface area contributed by atoms with Gasteiger partial charge in [-0.2, -0.15) is 0 Å². The van der Waals surface area contributed by atoms with Crippen molar-refractivity contribution in [2.45, 2.75) is 0 Å². The van der Waals surface area contributed by atoms with Gasteiger partial charge in [0.15, 0.2) is 0 Å². The van der Waals surface area contributed by atoms with Crippen molar-refractivity contribution in [2.24, 2.45) is 0 Å². The van der Waals surface area contributed by atoms with Crippen LogP contribution in [0.1, 0.15) is 0 Å². The fraction of sp³-hybridized carbons (Fsp3) is 0.545. The zero-order chi connectivity index (χ0) is 12.1. The molecule has 0 radical (unpaired) electrons. The Kier molecular flexibility index (Phi) is 10.7. The van der Waals surface area contributed by atoms with Gasteiger partial charge in [0.25, 0.3) is 0 Å². The number of hydrogen-bond acceptors (Lipinski definition) is 4. The number of carbonyl (C=O) groups is 1. The molecule has 0 fully saturated rings. The van der Waals surface area contributed by atoms with Crippen molar-refractivity contribution in [1.29, 1.82) is 0 Å². The molecular formula is C11H17NO4. The van der Waals surface area contributed by atoms with Crippen LogP contribution < -0.4 is 5.32 Å². The second kappa shape index (κ2) is 11.7. The lowest BCUT2D eigenvalue weighted by Gasteiger charge is -2.05. The molecule has 16 heavy (non-hydrogen) atoms. The van der Waals surface area contributed by atoms with Gasteiger partial charge in [-0.3, -0.25) is 4.79 Å². The summed E-state index contributed by atoms with van der Waals surface area (Å²) in [4.78, 5) is 10.7. The summed E-state index contributed by atoms with van der Waals surface area (Å²) in [5, 5.41) is 2.47. The van der Waals surface area contributed by atoms with Gasteiger partial charge in [0.1, 0.15) is 13.3 Å². The van der Waals surface area contributed by atoms with E-state index in [1.54, 1.807) is 0 Å². The Morgan fingerprint density at radius 2 is 1.88 bits per heavy atom. The van der Waals surface area contributed by atoms with Crippen LogP contribution in [0.4, 0.5) is 0 Å². The summed E-state index contributed by atoms with van der Waals surface area (Å²) in [7, 11) is 0. The number of terminal acetylenes is 1. The van der Waals surface area contributed by atoms with Crippen molar-refractivity contribution in [3.05, 3.63) is 12.7 Å². The molecular weight excluding hydrogens is 210 g/mol. The van der Waals surface area contributed by atoms with Crippen molar-refractivity contribution in [3.63, 3.8) is 0 Å². The van der Waals surface area contributed by atoms with Crippen LogP contribution in [-0.4, -0.2) is 45.7 Å². The largest absolute Gasteiger partial charge is 0.377 e. The van der Waals surface area contributed by atoms with E-state index in [1.807, 2.05) is 0 Å². The van der Waals surface area contributed by atoms with Gasteiger partial charge in [0.2, 0.25) is 5.91 Å². The van der Waals surface area contributed by atoms with Gasteiger partial charge < -0.3 is 19.5 Å². The Hall–Kier alpha value is -1.35. The zero-order valence-electron chi connectivity index (χ0n) is 9.24. The van der Waals surface area contributed by atoms with E-state index in [2.05, 4.69) is 17.8 Å². The highest BCUT2D eigenvalue weighted by Crippen LogP contribution is 1.80. The predicted octanol–water partition coefficient (Wildman–Crippen LogP) is -0.0709. The molecule has 0 aliphatic rings. The van der Waals surface area contributed by atoms with E-state index in [0.29, 0.717) is 33.0 Å². The molecule has 0 aliphatic carbocycles. The molecule has 0 rings (SSSR count). The maximum Gasteiger partial charge on any atom is 0.245 e. The normalized spacial score (nSPS) is 9.44. The van der Waals surface area contributed by atoms with Gasteiger partial charge in [-0.15, -0.1) is 6.42 Å². The first-order chi connectivity index (χ1) is 7.81. The second-order valence-electron chi connectivity index (χ2n) is 2.67. The fourth-order valence-corrected chi connectivity index (χ4v) is 0.735. The molecule has 0 aromatic heterocycles. The van der Waals surface area contributed by atoms with Crippen molar-refractivity contribution < 1.29 is 19.0 Å². The van der Waals surface area contributed by atoms with E-state index in [9.17, 15) is 4.79 Å². The van der Waals surface area contributed by atoms with Gasteiger partial charge in [0.05, 0.1) is 26.4 Å². The van der Waals surface area contributed by atoms with Crippen LogP contribution in [0, 0.1) is 12.3 Å². The van der Waals surface area contributed by atoms with Crippen molar-refractivity contribution >= 4 is 5.91 Å². The van der Waals surface area contributed by atoms with Gasteiger partial charge in [-0.1, -0.05) is 12.5 Å². The molecule has 5 nitrogen and oxygen atoms in total. The molecule has 0 unspecified atom stereocenters. The van der Waals surface area contributed by atoms with Crippen molar-refractivity contribution in [2.75, 3.05) is 39.8 Å². The average Bonchev–Trinajstić information content (AvgIpc) is 2.31. The van der Waals surface area contributed by atoms with E-state index in [0.717, 1.165) is 0 Å². The number of ether oxygens (including phenoxy) is 3. The highest BCUT2D eigenvalue weighted by molar-refractivity contribution is 5.86. The lowest BCUT2D eigenvalue weighted by molar-refractivity contribution is -0.118. The summed E-state index contributed by atoms with van der Waals surface area (Å²) in [6, 6.07) is 0. The monoisotopic (exact) mass is 227 g/mol. The minimum Gasteiger partial charge on any atom is -0.377 e. The van der Waals surface area contributed by atoms with Crippen LogP contribution in [0.25, 0.3) is 0 Å². The lowest BCUT2D eigenvalue weighted by atomic mass is 10.6. The van der Waals surface area contributed by atoms with E-state index in [4.69, 9.17) is 20.6 Å². The van der Waals surface area contributed by atoms with E-state index in [1.165, 1.54) is 6.08 Å². The summed E-state index contributed by atoms with van der Waals surface area (Å²) in [5.74, 6) is 2.09. The van der Waals surface area contributed by atoms with Crippen molar-refractivity contribution in [1.82, 2.24) is 5.32 Å². The maximum absolute atomic E-state index is 10.7. The number of amides is 1. The minimum absolute atomic E-state index is 0.155. The number of hydrogen-bond donors (Lipinski definition) is 1. The van der Waals surface area contributed by atoms with Gasteiger partial charge in [0, 0.05) is 0 Å². The van der Waals surface area contributed by atoms with Crippen LogP contribution in [0.3, 0.4) is 0 Å². The molecule has 0 saturated carbocycles. The third-order valence-corrected chi connectivity index (χ3v) is 1.46. The molecule has 5 heteroatoms. The minimum atomic E-state index is -0.261. The Morgan fingerprint density at radius 1 is 1.25 bits per heavy atom. The van der Waals surface area contributed by atoms with Crippen LogP contribution in [0.2, 0.25) is 0 Å². The third kappa shape index (κ3) is 10.7. The molecule has 0 spiro atoms. The summed E-state index contributed by atoms with van der Waals surface area (Å²) < 4.78 is 15.2. The summed E-state index contributed by atoms with van der Waals surface area (Å²) in [5.41, 5.74) is 0. The number of carbonyl (C=O) groups excluding carboxylic acids is 1. The van der Waals surface area contributed by atoms with E-state index in [-0.39, 0.29) is 12.6 Å². The van der Waals surface area contributed by atoms with Crippen LogP contribution in [0.5, 0.6) is 0 Å². The van der Waals surface area contributed by atoms with Crippen LogP contribution in [0.15, 0.2) is 12.7 Å². The summed E-state index contributed by atoms with van der Waals surface area (Å²) in [6.45, 7) is 5.56. The Morgan fingerprint density at radius 3 is 2.50 bits per heavy atom. The SMILES string of the molecule is C#CCOCCOCCOCNC(=O)C=C. The first kappa shape index (κ1) is 14.6. The highest BCUT2D eigenvalue weighted by Gasteiger charge is 1.93. The Labute approximate surface area is 95.8 Å². The predicted molar refractivity (Wildman–Crippen MR) is 59.6 cm³/mol. The molecule has 1 amide bonds. The van der Waals surface area contributed by atoms with Gasteiger partial charge in [-0.25, -0.2) is 0 Å². The third-order valence-electron chi connectivity index (χ3n) is 1.46.